The maximum atomic E-state index is 12.6. The fourth-order valence-electron chi connectivity index (χ4n) is 3.83. The number of imide groups is 1. The molecule has 1 heterocycles. The highest BCUT2D eigenvalue weighted by Crippen LogP contribution is 2.24. The van der Waals surface area contributed by atoms with Crippen molar-refractivity contribution < 1.29 is 14.4 Å². The molecule has 3 amide bonds. The summed E-state index contributed by atoms with van der Waals surface area (Å²) in [6.45, 7) is 2.85. The second-order valence-corrected chi connectivity index (χ2v) is 7.80. The maximum Gasteiger partial charge on any atom is 0.261 e. The third kappa shape index (κ3) is 4.40. The van der Waals surface area contributed by atoms with Gasteiger partial charge in [0.2, 0.25) is 0 Å². The molecule has 0 fully saturated rings. The summed E-state index contributed by atoms with van der Waals surface area (Å²) in [5.74, 6) is -0.415. The highest BCUT2D eigenvalue weighted by atomic mass is 16.2. The lowest BCUT2D eigenvalue weighted by Gasteiger charge is -2.15. The number of rotatable bonds is 7. The Hall–Kier alpha value is -3.73. The summed E-state index contributed by atoms with van der Waals surface area (Å²) in [4.78, 5) is 39.0. The molecule has 5 nitrogen and oxygen atoms in total. The van der Waals surface area contributed by atoms with E-state index < -0.39 is 0 Å². The Bertz CT molecular complexity index is 1090. The molecule has 156 valence electrons. The minimum atomic E-state index is -0.301. The molecule has 3 aromatic carbocycles. The van der Waals surface area contributed by atoms with Crippen LogP contribution in [0.5, 0.6) is 0 Å². The zero-order valence-corrected chi connectivity index (χ0v) is 17.4. The molecule has 1 aliphatic rings. The van der Waals surface area contributed by atoms with Crippen LogP contribution in [0.1, 0.15) is 61.5 Å². The lowest BCUT2D eigenvalue weighted by Crippen LogP contribution is -2.29. The number of hydrogen-bond acceptors (Lipinski definition) is 3. The monoisotopic (exact) mass is 412 g/mol. The average Bonchev–Trinajstić information content (AvgIpc) is 3.05. The van der Waals surface area contributed by atoms with Gasteiger partial charge in [-0.25, -0.2) is 0 Å². The van der Waals surface area contributed by atoms with Crippen molar-refractivity contribution in [2.45, 2.75) is 25.8 Å². The van der Waals surface area contributed by atoms with Crippen LogP contribution in [0.2, 0.25) is 0 Å². The van der Waals surface area contributed by atoms with Gasteiger partial charge < -0.3 is 5.32 Å². The van der Waals surface area contributed by atoms with Gasteiger partial charge in [0, 0.05) is 12.1 Å². The van der Waals surface area contributed by atoms with Crippen molar-refractivity contribution in [3.63, 3.8) is 0 Å². The Morgan fingerprint density at radius 2 is 1.52 bits per heavy atom. The number of carbonyl (C=O) groups excluding carboxylic acids is 3. The minimum absolute atomic E-state index is 0.137. The van der Waals surface area contributed by atoms with Gasteiger partial charge in [0.25, 0.3) is 17.7 Å². The number of hydrogen-bond donors (Lipinski definition) is 1. The molecule has 0 aliphatic carbocycles. The van der Waals surface area contributed by atoms with Crippen molar-refractivity contribution >= 4 is 17.7 Å². The number of carbonyl (C=O) groups is 3. The molecule has 3 aromatic rings. The van der Waals surface area contributed by atoms with Crippen molar-refractivity contribution in [3.8, 4) is 0 Å². The van der Waals surface area contributed by atoms with Gasteiger partial charge in [-0.3, -0.25) is 19.3 Å². The van der Waals surface area contributed by atoms with Crippen LogP contribution < -0.4 is 5.32 Å². The summed E-state index contributed by atoms with van der Waals surface area (Å²) in [5.41, 5.74) is 3.35. The first-order valence-electron chi connectivity index (χ1n) is 10.4. The Morgan fingerprint density at radius 1 is 0.871 bits per heavy atom. The molecule has 4 rings (SSSR count). The number of benzene rings is 3. The zero-order valence-electron chi connectivity index (χ0n) is 17.4. The van der Waals surface area contributed by atoms with E-state index in [0.717, 1.165) is 12.0 Å². The molecule has 0 saturated heterocycles. The smallest absolute Gasteiger partial charge is 0.261 e. The summed E-state index contributed by atoms with van der Waals surface area (Å²) in [7, 11) is 0. The van der Waals surface area contributed by atoms with Crippen LogP contribution in [0.15, 0.2) is 78.9 Å². The van der Waals surface area contributed by atoms with Gasteiger partial charge in [-0.2, -0.15) is 0 Å². The SMILES string of the molecule is CC(CCNC(=O)c1cccc(CN2C(=O)c3ccccc3C2=O)c1)c1ccccc1. The summed E-state index contributed by atoms with van der Waals surface area (Å²) in [5, 5.41) is 2.97. The molecule has 1 unspecified atom stereocenters. The van der Waals surface area contributed by atoms with E-state index in [1.165, 1.54) is 10.5 Å². The molecule has 1 atom stereocenters. The normalized spacial score (nSPS) is 13.8. The molecule has 0 bridgehead atoms. The van der Waals surface area contributed by atoms with Gasteiger partial charge in [-0.05, 0) is 47.7 Å². The van der Waals surface area contributed by atoms with E-state index in [-0.39, 0.29) is 24.3 Å². The first-order valence-corrected chi connectivity index (χ1v) is 10.4. The second kappa shape index (κ2) is 8.96. The van der Waals surface area contributed by atoms with Crippen LogP contribution in [0.3, 0.4) is 0 Å². The highest BCUT2D eigenvalue weighted by molar-refractivity contribution is 6.21. The van der Waals surface area contributed by atoms with E-state index in [4.69, 9.17) is 0 Å². The lowest BCUT2D eigenvalue weighted by atomic mass is 9.98. The summed E-state index contributed by atoms with van der Waals surface area (Å²) < 4.78 is 0. The maximum absolute atomic E-state index is 12.6. The van der Waals surface area contributed by atoms with Crippen molar-refractivity contribution in [1.29, 1.82) is 0 Å². The minimum Gasteiger partial charge on any atom is -0.352 e. The average molecular weight is 412 g/mol. The van der Waals surface area contributed by atoms with Gasteiger partial charge in [0.15, 0.2) is 0 Å². The molecule has 1 N–H and O–H groups in total. The molecule has 0 aromatic heterocycles. The van der Waals surface area contributed by atoms with Crippen LogP contribution in [-0.4, -0.2) is 29.2 Å². The van der Waals surface area contributed by atoms with Gasteiger partial charge in [-0.1, -0.05) is 61.5 Å². The Kier molecular flexibility index (Phi) is 5.94. The Balaban J connectivity index is 1.37. The van der Waals surface area contributed by atoms with E-state index >= 15 is 0 Å². The first-order chi connectivity index (χ1) is 15.0. The fourth-order valence-corrected chi connectivity index (χ4v) is 3.83. The molecule has 0 radical (unpaired) electrons. The molecular formula is C26H24N2O3. The topological polar surface area (TPSA) is 66.5 Å². The van der Waals surface area contributed by atoms with E-state index in [1.54, 1.807) is 42.5 Å². The third-order valence-electron chi connectivity index (χ3n) is 5.64. The quantitative estimate of drug-likeness (QED) is 0.585. The summed E-state index contributed by atoms with van der Waals surface area (Å²) in [6.07, 6.45) is 0.838. The van der Waals surface area contributed by atoms with Crippen LogP contribution >= 0.6 is 0 Å². The third-order valence-corrected chi connectivity index (χ3v) is 5.64. The molecule has 0 saturated carbocycles. The van der Waals surface area contributed by atoms with E-state index in [9.17, 15) is 14.4 Å². The molecule has 5 heteroatoms. The Morgan fingerprint density at radius 3 is 2.19 bits per heavy atom. The number of fused-ring (bicyclic) bond motifs is 1. The van der Waals surface area contributed by atoms with Gasteiger partial charge in [0.05, 0.1) is 17.7 Å². The van der Waals surface area contributed by atoms with Crippen molar-refractivity contribution in [2.75, 3.05) is 6.54 Å². The zero-order chi connectivity index (χ0) is 21.8. The highest BCUT2D eigenvalue weighted by Gasteiger charge is 2.34. The Labute approximate surface area is 181 Å². The largest absolute Gasteiger partial charge is 0.352 e. The number of nitrogens with one attached hydrogen (secondary N) is 1. The number of nitrogens with zero attached hydrogens (tertiary/aromatic N) is 1. The van der Waals surface area contributed by atoms with Crippen LogP contribution in [0, 0.1) is 0 Å². The van der Waals surface area contributed by atoms with Crippen LogP contribution in [-0.2, 0) is 6.54 Å². The van der Waals surface area contributed by atoms with Gasteiger partial charge in [-0.15, -0.1) is 0 Å². The second-order valence-electron chi connectivity index (χ2n) is 7.80. The molecule has 0 spiro atoms. The van der Waals surface area contributed by atoms with Crippen molar-refractivity contribution in [3.05, 3.63) is 107 Å². The predicted molar refractivity (Wildman–Crippen MR) is 119 cm³/mol. The van der Waals surface area contributed by atoms with E-state index in [1.807, 2.05) is 24.3 Å². The molecule has 1 aliphatic heterocycles. The first kappa shape index (κ1) is 20.5. The standard InChI is InChI=1S/C26H24N2O3/c1-18(20-9-3-2-4-10-20)14-15-27-24(29)21-11-7-8-19(16-21)17-28-25(30)22-12-5-6-13-23(22)26(28)31/h2-13,16,18H,14-15,17H2,1H3,(H,27,29). The lowest BCUT2D eigenvalue weighted by molar-refractivity contribution is 0.0642. The fraction of sp³-hybridized carbons (Fsp3) is 0.192. The van der Waals surface area contributed by atoms with E-state index in [2.05, 4.69) is 24.4 Å². The summed E-state index contributed by atoms with van der Waals surface area (Å²) in [6, 6.07) is 24.1. The molecular weight excluding hydrogens is 388 g/mol. The molecule has 31 heavy (non-hydrogen) atoms. The number of amides is 3. The van der Waals surface area contributed by atoms with Gasteiger partial charge >= 0.3 is 0 Å². The summed E-state index contributed by atoms with van der Waals surface area (Å²) >= 11 is 0. The van der Waals surface area contributed by atoms with Crippen LogP contribution in [0.25, 0.3) is 0 Å². The van der Waals surface area contributed by atoms with Crippen LogP contribution in [0.4, 0.5) is 0 Å². The predicted octanol–water partition coefficient (Wildman–Crippen LogP) is 4.41. The van der Waals surface area contributed by atoms with Crippen molar-refractivity contribution in [2.24, 2.45) is 0 Å². The van der Waals surface area contributed by atoms with Gasteiger partial charge in [0.1, 0.15) is 0 Å². The van der Waals surface area contributed by atoms with Crippen molar-refractivity contribution in [1.82, 2.24) is 10.2 Å². The van der Waals surface area contributed by atoms with E-state index in [0.29, 0.717) is 29.2 Å².